The Bertz CT molecular complexity index is 1480. The molecule has 5 rings (SSSR count). The van der Waals surface area contributed by atoms with Crippen LogP contribution in [0, 0.1) is 0 Å². The molecule has 1 saturated heterocycles. The highest BCUT2D eigenvalue weighted by atomic mass is 32.2. The van der Waals surface area contributed by atoms with Crippen LogP contribution < -0.4 is 15.4 Å². The number of anilines is 2. The van der Waals surface area contributed by atoms with Gasteiger partial charge in [-0.1, -0.05) is 61.5 Å². The number of hydrogen-bond donors (Lipinski definition) is 2. The van der Waals surface area contributed by atoms with Gasteiger partial charge in [0.05, 0.1) is 30.1 Å². The van der Waals surface area contributed by atoms with Crippen molar-refractivity contribution in [1.82, 2.24) is 4.90 Å². The van der Waals surface area contributed by atoms with Crippen LogP contribution in [0.3, 0.4) is 0 Å². The molecule has 0 spiro atoms. The highest BCUT2D eigenvalue weighted by Gasteiger charge is 2.37. The minimum absolute atomic E-state index is 0.163. The van der Waals surface area contributed by atoms with Crippen molar-refractivity contribution in [3.05, 3.63) is 101 Å². The lowest BCUT2D eigenvalue weighted by Gasteiger charge is -2.41. The molecule has 41 heavy (non-hydrogen) atoms. The van der Waals surface area contributed by atoms with Gasteiger partial charge in [0.15, 0.2) is 5.17 Å². The number of methoxy groups -OCH3 is 1. The first-order chi connectivity index (χ1) is 20.0. The molecule has 8 heteroatoms. The summed E-state index contributed by atoms with van der Waals surface area (Å²) in [6.45, 7) is 4.85. The summed E-state index contributed by atoms with van der Waals surface area (Å²) in [6.07, 6.45) is 4.28. The second kappa shape index (κ2) is 13.1. The smallest absolute Gasteiger partial charge is 0.255 e. The zero-order chi connectivity index (χ0) is 28.8. The van der Waals surface area contributed by atoms with E-state index in [9.17, 15) is 9.59 Å². The number of unbranched alkanes of at least 4 members (excludes halogenated alkanes) is 1. The third kappa shape index (κ3) is 6.49. The molecule has 0 bridgehead atoms. The first-order valence-corrected chi connectivity index (χ1v) is 15.1. The predicted molar refractivity (Wildman–Crippen MR) is 168 cm³/mol. The van der Waals surface area contributed by atoms with Crippen molar-refractivity contribution in [2.75, 3.05) is 30.0 Å². The van der Waals surface area contributed by atoms with Gasteiger partial charge < -0.3 is 20.3 Å². The van der Waals surface area contributed by atoms with Crippen molar-refractivity contribution in [1.29, 1.82) is 0 Å². The number of aliphatic imine (C=N–C) groups is 1. The Labute approximate surface area is 246 Å². The summed E-state index contributed by atoms with van der Waals surface area (Å²) in [7, 11) is 1.58. The Morgan fingerprint density at radius 2 is 1.83 bits per heavy atom. The van der Waals surface area contributed by atoms with Gasteiger partial charge in [-0.05, 0) is 73.7 Å². The number of para-hydroxylation sites is 2. The van der Waals surface area contributed by atoms with Crippen molar-refractivity contribution < 1.29 is 14.3 Å². The van der Waals surface area contributed by atoms with E-state index in [1.807, 2.05) is 79.7 Å². The number of aryl methyl sites for hydroxylation is 1. The molecule has 1 unspecified atom stereocenters. The van der Waals surface area contributed by atoms with Crippen molar-refractivity contribution >= 4 is 40.1 Å². The number of nitrogens with zero attached hydrogens (tertiary/aromatic N) is 2. The topological polar surface area (TPSA) is 83.0 Å². The van der Waals surface area contributed by atoms with Crippen molar-refractivity contribution in [2.45, 2.75) is 45.6 Å². The maximum atomic E-state index is 13.8. The molecule has 3 aromatic rings. The maximum Gasteiger partial charge on any atom is 0.255 e. The van der Waals surface area contributed by atoms with Gasteiger partial charge in [-0.25, -0.2) is 4.99 Å². The predicted octanol–water partition coefficient (Wildman–Crippen LogP) is 7.05. The zero-order valence-electron chi connectivity index (χ0n) is 23.8. The summed E-state index contributed by atoms with van der Waals surface area (Å²) in [6, 6.07) is 22.6. The molecule has 0 saturated carbocycles. The number of carbonyl (C=O) groups excluding carboxylic acids is 2. The molecule has 3 aromatic carbocycles. The van der Waals surface area contributed by atoms with Crippen molar-refractivity contribution in [2.24, 2.45) is 4.99 Å². The molecule has 2 aliphatic heterocycles. The van der Waals surface area contributed by atoms with Gasteiger partial charge in [-0.15, -0.1) is 0 Å². The Morgan fingerprint density at radius 3 is 2.61 bits per heavy atom. The van der Waals surface area contributed by atoms with E-state index in [0.29, 0.717) is 34.0 Å². The van der Waals surface area contributed by atoms with Gasteiger partial charge in [0.2, 0.25) is 0 Å². The van der Waals surface area contributed by atoms with Crippen LogP contribution in [0.2, 0.25) is 0 Å². The van der Waals surface area contributed by atoms with Crippen LogP contribution in [-0.4, -0.2) is 41.3 Å². The first kappa shape index (κ1) is 28.5. The number of thioether (sulfide) groups is 1. The summed E-state index contributed by atoms with van der Waals surface area (Å²) >= 11 is 1.71. The average Bonchev–Trinajstić information content (AvgIpc) is 3.00. The molecular formula is C33H36N4O3S. The van der Waals surface area contributed by atoms with E-state index in [-0.39, 0.29) is 17.9 Å². The van der Waals surface area contributed by atoms with Crippen LogP contribution in [0.4, 0.5) is 11.4 Å². The molecule has 2 heterocycles. The minimum Gasteiger partial charge on any atom is -0.495 e. The molecule has 7 nitrogen and oxygen atoms in total. The van der Waals surface area contributed by atoms with E-state index < -0.39 is 0 Å². The number of nitrogens with one attached hydrogen (secondary N) is 2. The number of carbonyl (C=O) groups is 2. The second-order valence-electron chi connectivity index (χ2n) is 10.2. The largest absolute Gasteiger partial charge is 0.495 e. The summed E-state index contributed by atoms with van der Waals surface area (Å²) < 4.78 is 5.46. The average molecular weight is 569 g/mol. The molecule has 2 amide bonds. The molecular weight excluding hydrogens is 532 g/mol. The van der Waals surface area contributed by atoms with E-state index in [0.717, 1.165) is 48.7 Å². The van der Waals surface area contributed by atoms with Crippen LogP contribution >= 0.6 is 11.8 Å². The molecule has 0 aliphatic carbocycles. The quantitative estimate of drug-likeness (QED) is 0.289. The summed E-state index contributed by atoms with van der Waals surface area (Å²) in [5.74, 6) is 1.19. The van der Waals surface area contributed by atoms with Gasteiger partial charge in [-0.2, -0.15) is 0 Å². The Hall–Kier alpha value is -4.04. The Morgan fingerprint density at radius 1 is 1.02 bits per heavy atom. The molecule has 1 fully saturated rings. The van der Waals surface area contributed by atoms with Gasteiger partial charge in [0, 0.05) is 23.5 Å². The molecule has 2 aliphatic rings. The number of ether oxygens (including phenoxy) is 1. The number of allylic oxidation sites excluding steroid dienone is 1. The number of fused-ring (bicyclic) bond motifs is 1. The maximum absolute atomic E-state index is 13.8. The van der Waals surface area contributed by atoms with E-state index in [4.69, 9.17) is 9.73 Å². The fraction of sp³-hybridized carbons (Fsp3) is 0.303. The normalized spacial score (nSPS) is 16.5. The molecule has 1 atom stereocenters. The molecule has 2 N–H and O–H groups in total. The SMILES string of the molecule is CCCCc1ccc(C(=O)Nc2cccc(C3C(C(=O)Nc4ccccc4OC)=C(C)N=C4SCCCN43)c2)cc1. The monoisotopic (exact) mass is 568 g/mol. The fourth-order valence-electron chi connectivity index (χ4n) is 5.24. The zero-order valence-corrected chi connectivity index (χ0v) is 24.6. The number of amidine groups is 1. The van der Waals surface area contributed by atoms with E-state index in [2.05, 4.69) is 22.5 Å². The number of amides is 2. The van der Waals surface area contributed by atoms with E-state index in [1.54, 1.807) is 18.9 Å². The van der Waals surface area contributed by atoms with Gasteiger partial charge in [0.1, 0.15) is 5.75 Å². The highest BCUT2D eigenvalue weighted by molar-refractivity contribution is 8.13. The standard InChI is InChI=1S/C33H36N4O3S/c1-4-5-10-23-15-17-24(18-16-23)31(38)35-26-12-8-11-25(21-26)30-29(22(2)34-33-37(30)19-9-20-41-33)32(39)36-27-13-6-7-14-28(27)40-3/h6-8,11-18,21,30H,4-5,9-10,19-20H2,1-3H3,(H,35,38)(H,36,39). The Balaban J connectivity index is 1.43. The minimum atomic E-state index is -0.347. The second-order valence-corrected chi connectivity index (χ2v) is 11.3. The van der Waals surface area contributed by atoms with Crippen molar-refractivity contribution in [3.8, 4) is 5.75 Å². The molecule has 0 radical (unpaired) electrons. The van der Waals surface area contributed by atoms with Crippen LogP contribution in [0.1, 0.15) is 60.6 Å². The number of benzene rings is 3. The summed E-state index contributed by atoms with van der Waals surface area (Å²) in [5, 5.41) is 7.03. The lowest BCUT2D eigenvalue weighted by Crippen LogP contribution is -2.43. The van der Waals surface area contributed by atoms with Crippen LogP contribution in [0.25, 0.3) is 0 Å². The van der Waals surface area contributed by atoms with E-state index >= 15 is 0 Å². The van der Waals surface area contributed by atoms with Gasteiger partial charge in [-0.3, -0.25) is 9.59 Å². The lowest BCUT2D eigenvalue weighted by molar-refractivity contribution is -0.113. The third-order valence-electron chi connectivity index (χ3n) is 7.35. The Kier molecular flexibility index (Phi) is 9.09. The summed E-state index contributed by atoms with van der Waals surface area (Å²) in [4.78, 5) is 34.0. The number of hydrogen-bond acceptors (Lipinski definition) is 6. The van der Waals surface area contributed by atoms with Crippen LogP contribution in [0.5, 0.6) is 5.75 Å². The van der Waals surface area contributed by atoms with Gasteiger partial charge >= 0.3 is 0 Å². The number of rotatable bonds is 9. The lowest BCUT2D eigenvalue weighted by atomic mass is 9.93. The van der Waals surface area contributed by atoms with Crippen LogP contribution in [0.15, 0.2) is 89.1 Å². The summed E-state index contributed by atoms with van der Waals surface area (Å²) in [5.41, 5.74) is 5.30. The fourth-order valence-corrected chi connectivity index (χ4v) is 6.26. The molecule has 212 valence electrons. The van der Waals surface area contributed by atoms with E-state index in [1.165, 1.54) is 5.56 Å². The van der Waals surface area contributed by atoms with Gasteiger partial charge in [0.25, 0.3) is 11.8 Å². The third-order valence-corrected chi connectivity index (χ3v) is 8.43. The first-order valence-electron chi connectivity index (χ1n) is 14.1. The highest BCUT2D eigenvalue weighted by Crippen LogP contribution is 2.40. The molecule has 0 aromatic heterocycles. The van der Waals surface area contributed by atoms with Crippen molar-refractivity contribution in [3.63, 3.8) is 0 Å². The van der Waals surface area contributed by atoms with Crippen LogP contribution in [-0.2, 0) is 11.2 Å².